The van der Waals surface area contributed by atoms with Gasteiger partial charge in [0.2, 0.25) is 11.8 Å². The van der Waals surface area contributed by atoms with Crippen molar-refractivity contribution in [2.45, 2.75) is 45.7 Å². The van der Waals surface area contributed by atoms with Crippen molar-refractivity contribution in [3.8, 4) is 0 Å². The van der Waals surface area contributed by atoms with Crippen LogP contribution in [0.5, 0.6) is 0 Å². The summed E-state index contributed by atoms with van der Waals surface area (Å²) in [6, 6.07) is 0.402. The van der Waals surface area contributed by atoms with Gasteiger partial charge in [-0.3, -0.25) is 14.5 Å². The van der Waals surface area contributed by atoms with Gasteiger partial charge in [-0.1, -0.05) is 0 Å². The summed E-state index contributed by atoms with van der Waals surface area (Å²) < 4.78 is 0. The van der Waals surface area contributed by atoms with Crippen molar-refractivity contribution < 1.29 is 9.59 Å². The average Bonchev–Trinajstić information content (AvgIpc) is 2.82. The highest BCUT2D eigenvalue weighted by atomic mass is 16.2. The SMILES string of the molecule is CCN(CC(=O)NC(C)C)C(=O)CN1CCCC1CN. The van der Waals surface area contributed by atoms with Gasteiger partial charge in [0, 0.05) is 25.2 Å². The molecule has 1 heterocycles. The van der Waals surface area contributed by atoms with E-state index in [0.29, 0.717) is 25.7 Å². The Morgan fingerprint density at radius 2 is 2.15 bits per heavy atom. The van der Waals surface area contributed by atoms with Gasteiger partial charge in [0.25, 0.3) is 0 Å². The number of amides is 2. The van der Waals surface area contributed by atoms with E-state index in [4.69, 9.17) is 5.73 Å². The first-order valence-electron chi connectivity index (χ1n) is 7.49. The fourth-order valence-corrected chi connectivity index (χ4v) is 2.56. The number of nitrogens with one attached hydrogen (secondary N) is 1. The molecule has 20 heavy (non-hydrogen) atoms. The van der Waals surface area contributed by atoms with E-state index in [1.807, 2.05) is 20.8 Å². The van der Waals surface area contributed by atoms with Gasteiger partial charge in [-0.15, -0.1) is 0 Å². The Labute approximate surface area is 121 Å². The molecule has 0 aromatic rings. The summed E-state index contributed by atoms with van der Waals surface area (Å²) in [6.45, 7) is 8.27. The molecule has 1 fully saturated rings. The van der Waals surface area contributed by atoms with Crippen LogP contribution in [-0.4, -0.2) is 66.4 Å². The summed E-state index contributed by atoms with van der Waals surface area (Å²) >= 11 is 0. The van der Waals surface area contributed by atoms with Crippen LogP contribution in [0.3, 0.4) is 0 Å². The first-order chi connectivity index (χ1) is 9.47. The topological polar surface area (TPSA) is 78.7 Å². The van der Waals surface area contributed by atoms with Crippen molar-refractivity contribution in [1.29, 1.82) is 0 Å². The van der Waals surface area contributed by atoms with Crippen molar-refractivity contribution >= 4 is 11.8 Å². The maximum Gasteiger partial charge on any atom is 0.239 e. The molecule has 1 rings (SSSR count). The van der Waals surface area contributed by atoms with Gasteiger partial charge in [-0.25, -0.2) is 0 Å². The van der Waals surface area contributed by atoms with E-state index in [1.165, 1.54) is 0 Å². The second-order valence-corrected chi connectivity index (χ2v) is 5.63. The smallest absolute Gasteiger partial charge is 0.239 e. The van der Waals surface area contributed by atoms with Gasteiger partial charge in [-0.2, -0.15) is 0 Å². The maximum atomic E-state index is 12.3. The zero-order valence-corrected chi connectivity index (χ0v) is 12.9. The predicted molar refractivity (Wildman–Crippen MR) is 79.2 cm³/mol. The van der Waals surface area contributed by atoms with Crippen LogP contribution in [0.4, 0.5) is 0 Å². The first kappa shape index (κ1) is 16.9. The molecule has 2 amide bonds. The normalized spacial score (nSPS) is 19.4. The van der Waals surface area contributed by atoms with Gasteiger partial charge < -0.3 is 16.0 Å². The van der Waals surface area contributed by atoms with E-state index in [2.05, 4.69) is 10.2 Å². The van der Waals surface area contributed by atoms with Crippen molar-refractivity contribution in [2.75, 3.05) is 32.7 Å². The molecule has 6 heteroatoms. The molecular formula is C14H28N4O2. The number of likely N-dealkylation sites (tertiary alicyclic amines) is 1. The molecule has 0 bridgehead atoms. The van der Waals surface area contributed by atoms with Crippen molar-refractivity contribution in [3.63, 3.8) is 0 Å². The number of nitrogens with two attached hydrogens (primary N) is 1. The minimum Gasteiger partial charge on any atom is -0.352 e. The average molecular weight is 284 g/mol. The number of hydrogen-bond donors (Lipinski definition) is 2. The number of rotatable bonds is 7. The highest BCUT2D eigenvalue weighted by molar-refractivity contribution is 5.85. The first-order valence-corrected chi connectivity index (χ1v) is 7.49. The lowest BCUT2D eigenvalue weighted by Crippen LogP contribution is -2.47. The summed E-state index contributed by atoms with van der Waals surface area (Å²) in [7, 11) is 0. The molecular weight excluding hydrogens is 256 g/mol. The molecule has 0 aromatic carbocycles. The quantitative estimate of drug-likeness (QED) is 0.677. The van der Waals surface area contributed by atoms with Gasteiger partial charge in [0.15, 0.2) is 0 Å². The van der Waals surface area contributed by atoms with Crippen molar-refractivity contribution in [3.05, 3.63) is 0 Å². The molecule has 1 saturated heterocycles. The van der Waals surface area contributed by atoms with Crippen LogP contribution in [0.2, 0.25) is 0 Å². The molecule has 0 spiro atoms. The summed E-state index contributed by atoms with van der Waals surface area (Å²) in [4.78, 5) is 27.8. The highest BCUT2D eigenvalue weighted by Gasteiger charge is 2.27. The van der Waals surface area contributed by atoms with Crippen LogP contribution < -0.4 is 11.1 Å². The molecule has 1 atom stereocenters. The van der Waals surface area contributed by atoms with E-state index in [0.717, 1.165) is 19.4 Å². The summed E-state index contributed by atoms with van der Waals surface area (Å²) in [5, 5.41) is 2.81. The summed E-state index contributed by atoms with van der Waals surface area (Å²) in [6.07, 6.45) is 2.15. The molecule has 1 unspecified atom stereocenters. The third kappa shape index (κ3) is 5.09. The molecule has 6 nitrogen and oxygen atoms in total. The summed E-state index contributed by atoms with van der Waals surface area (Å²) in [5.41, 5.74) is 5.71. The monoisotopic (exact) mass is 284 g/mol. The number of hydrogen-bond acceptors (Lipinski definition) is 4. The Morgan fingerprint density at radius 3 is 2.70 bits per heavy atom. The van der Waals surface area contributed by atoms with Crippen LogP contribution in [0, 0.1) is 0 Å². The lowest BCUT2D eigenvalue weighted by molar-refractivity contribution is -0.137. The van der Waals surface area contributed by atoms with Crippen LogP contribution in [0.15, 0.2) is 0 Å². The van der Waals surface area contributed by atoms with Crippen LogP contribution in [0.1, 0.15) is 33.6 Å². The Balaban J connectivity index is 2.48. The molecule has 1 aliphatic rings. The van der Waals surface area contributed by atoms with E-state index in [-0.39, 0.29) is 24.4 Å². The zero-order valence-electron chi connectivity index (χ0n) is 12.9. The van der Waals surface area contributed by atoms with E-state index >= 15 is 0 Å². The molecule has 0 radical (unpaired) electrons. The number of likely N-dealkylation sites (N-methyl/N-ethyl adjacent to an activating group) is 1. The molecule has 1 aliphatic heterocycles. The minimum atomic E-state index is -0.105. The van der Waals surface area contributed by atoms with Gasteiger partial charge in [-0.05, 0) is 40.2 Å². The molecule has 0 aliphatic carbocycles. The zero-order chi connectivity index (χ0) is 15.1. The maximum absolute atomic E-state index is 12.3. The Hall–Kier alpha value is -1.14. The van der Waals surface area contributed by atoms with Crippen molar-refractivity contribution in [1.82, 2.24) is 15.1 Å². The lowest BCUT2D eigenvalue weighted by atomic mass is 10.2. The van der Waals surface area contributed by atoms with Crippen molar-refractivity contribution in [2.24, 2.45) is 5.73 Å². The third-order valence-electron chi connectivity index (χ3n) is 3.63. The Kier molecular flexibility index (Phi) is 6.95. The molecule has 0 aromatic heterocycles. The highest BCUT2D eigenvalue weighted by Crippen LogP contribution is 2.15. The van der Waals surface area contributed by atoms with E-state index in [1.54, 1.807) is 4.90 Å². The molecule has 116 valence electrons. The Morgan fingerprint density at radius 1 is 1.45 bits per heavy atom. The fraction of sp³-hybridized carbons (Fsp3) is 0.857. The number of carbonyl (C=O) groups excluding carboxylic acids is 2. The summed E-state index contributed by atoms with van der Waals surface area (Å²) in [5.74, 6) is -0.0984. The van der Waals surface area contributed by atoms with Gasteiger partial charge >= 0.3 is 0 Å². The number of carbonyl (C=O) groups is 2. The largest absolute Gasteiger partial charge is 0.352 e. The predicted octanol–water partition coefficient (Wildman–Crippen LogP) is -0.217. The lowest BCUT2D eigenvalue weighted by Gasteiger charge is -2.27. The fourth-order valence-electron chi connectivity index (χ4n) is 2.56. The number of nitrogens with zero attached hydrogens (tertiary/aromatic N) is 2. The second-order valence-electron chi connectivity index (χ2n) is 5.63. The third-order valence-corrected chi connectivity index (χ3v) is 3.63. The molecule has 3 N–H and O–H groups in total. The van der Waals surface area contributed by atoms with Gasteiger partial charge in [0.05, 0.1) is 13.1 Å². The van der Waals surface area contributed by atoms with Crippen LogP contribution in [0.25, 0.3) is 0 Å². The molecule has 0 saturated carbocycles. The van der Waals surface area contributed by atoms with Crippen LogP contribution >= 0.6 is 0 Å². The minimum absolute atomic E-state index is 0.00626. The van der Waals surface area contributed by atoms with E-state index < -0.39 is 0 Å². The van der Waals surface area contributed by atoms with Gasteiger partial charge in [0.1, 0.15) is 0 Å². The standard InChI is InChI=1S/C14H28N4O2/c1-4-17(9-13(19)16-11(2)3)14(20)10-18-7-5-6-12(18)8-15/h11-12H,4-10,15H2,1-3H3,(H,16,19). The van der Waals surface area contributed by atoms with E-state index in [9.17, 15) is 9.59 Å². The Bertz CT molecular complexity index is 333. The van der Waals surface area contributed by atoms with Crippen LogP contribution in [-0.2, 0) is 9.59 Å². The second kappa shape index (κ2) is 8.21.